The van der Waals surface area contributed by atoms with Gasteiger partial charge < -0.3 is 4.57 Å². The van der Waals surface area contributed by atoms with Gasteiger partial charge in [-0.05, 0) is 6.92 Å². The first-order valence-electron chi connectivity index (χ1n) is 4.11. The van der Waals surface area contributed by atoms with Gasteiger partial charge in [-0.15, -0.1) is 0 Å². The van der Waals surface area contributed by atoms with E-state index in [1.807, 2.05) is 18.4 Å². The number of hydrazine groups is 1. The summed E-state index contributed by atoms with van der Waals surface area (Å²) in [6.07, 6.45) is 3.41. The number of hydrogen-bond acceptors (Lipinski definition) is 4. The molecule has 0 radical (unpaired) electrons. The minimum Gasteiger partial charge on any atom is -0.319 e. The highest BCUT2D eigenvalue weighted by Gasteiger charge is 2.12. The highest BCUT2D eigenvalue weighted by atomic mass is 16.2. The fraction of sp³-hybridized carbons (Fsp3) is 0.375. The average molecular weight is 193 g/mol. The van der Waals surface area contributed by atoms with Gasteiger partial charge in [0.2, 0.25) is 11.7 Å². The molecular weight excluding hydrogens is 182 g/mol. The van der Waals surface area contributed by atoms with Gasteiger partial charge in [0.05, 0.1) is 0 Å². The summed E-state index contributed by atoms with van der Waals surface area (Å²) in [7, 11) is 0. The number of amides is 1. The lowest BCUT2D eigenvalue weighted by molar-refractivity contribution is -0.121. The zero-order valence-corrected chi connectivity index (χ0v) is 7.77. The monoisotopic (exact) mass is 193 g/mol. The van der Waals surface area contributed by atoms with Gasteiger partial charge in [-0.2, -0.15) is 5.26 Å². The molecule has 0 spiro atoms. The number of nitrogens with two attached hydrogens (primary N) is 1. The number of hydrogen-bond donors (Lipinski definition) is 2. The van der Waals surface area contributed by atoms with E-state index >= 15 is 0 Å². The first-order chi connectivity index (χ1) is 6.69. The number of carbonyl (C=O) groups excluding carboxylic acids is 1. The Morgan fingerprint density at radius 2 is 2.64 bits per heavy atom. The maximum Gasteiger partial charge on any atom is 0.235 e. The van der Waals surface area contributed by atoms with Crippen LogP contribution in [0.2, 0.25) is 0 Å². The lowest BCUT2D eigenvalue weighted by Crippen LogP contribution is -2.31. The van der Waals surface area contributed by atoms with Crippen LogP contribution < -0.4 is 11.3 Å². The number of nitriles is 1. The van der Waals surface area contributed by atoms with E-state index in [0.29, 0.717) is 5.82 Å². The summed E-state index contributed by atoms with van der Waals surface area (Å²) < 4.78 is 1.63. The maximum atomic E-state index is 11.0. The molecule has 1 aromatic heterocycles. The van der Waals surface area contributed by atoms with Crippen LogP contribution in [0.3, 0.4) is 0 Å². The summed E-state index contributed by atoms with van der Waals surface area (Å²) in [4.78, 5) is 14.8. The summed E-state index contributed by atoms with van der Waals surface area (Å²) in [6.45, 7) is 1.82. The van der Waals surface area contributed by atoms with Crippen LogP contribution in [-0.2, 0) is 4.79 Å². The minimum absolute atomic E-state index is 0.129. The topological polar surface area (TPSA) is 96.7 Å². The van der Waals surface area contributed by atoms with Crippen LogP contribution in [0.5, 0.6) is 0 Å². The van der Waals surface area contributed by atoms with E-state index < -0.39 is 0 Å². The van der Waals surface area contributed by atoms with Crippen molar-refractivity contribution in [2.45, 2.75) is 19.4 Å². The smallest absolute Gasteiger partial charge is 0.235 e. The van der Waals surface area contributed by atoms with Crippen molar-refractivity contribution in [2.75, 3.05) is 0 Å². The van der Waals surface area contributed by atoms with Gasteiger partial charge in [0.15, 0.2) is 0 Å². The Kier molecular flexibility index (Phi) is 3.20. The molecule has 1 atom stereocenters. The largest absolute Gasteiger partial charge is 0.319 e. The summed E-state index contributed by atoms with van der Waals surface area (Å²) in [5, 5.41) is 8.69. The minimum atomic E-state index is -0.268. The Labute approximate surface area is 81.3 Å². The van der Waals surface area contributed by atoms with E-state index in [1.54, 1.807) is 10.8 Å². The molecule has 0 aromatic carbocycles. The molecule has 74 valence electrons. The van der Waals surface area contributed by atoms with Crippen molar-refractivity contribution in [1.82, 2.24) is 15.0 Å². The second-order valence-electron chi connectivity index (χ2n) is 2.89. The number of aromatic nitrogens is 2. The van der Waals surface area contributed by atoms with E-state index in [2.05, 4.69) is 4.98 Å². The molecule has 0 aliphatic heterocycles. The first kappa shape index (κ1) is 10.2. The highest BCUT2D eigenvalue weighted by Crippen LogP contribution is 2.12. The van der Waals surface area contributed by atoms with Gasteiger partial charge in [-0.1, -0.05) is 0 Å². The van der Waals surface area contributed by atoms with E-state index in [4.69, 9.17) is 11.1 Å². The molecule has 0 bridgehead atoms. The van der Waals surface area contributed by atoms with Crippen LogP contribution in [0, 0.1) is 11.3 Å². The van der Waals surface area contributed by atoms with Crippen LogP contribution in [-0.4, -0.2) is 15.5 Å². The Balaban J connectivity index is 2.75. The lowest BCUT2D eigenvalue weighted by Gasteiger charge is -2.12. The molecule has 0 aliphatic rings. The van der Waals surface area contributed by atoms with Gasteiger partial charge in [-0.25, -0.2) is 10.8 Å². The van der Waals surface area contributed by atoms with Crippen LogP contribution >= 0.6 is 0 Å². The normalized spacial score (nSPS) is 11.8. The third kappa shape index (κ3) is 2.08. The second-order valence-corrected chi connectivity index (χ2v) is 2.89. The molecule has 6 heteroatoms. The Morgan fingerprint density at radius 1 is 1.93 bits per heavy atom. The number of carbonyl (C=O) groups is 1. The second kappa shape index (κ2) is 4.39. The SMILES string of the molecule is CC(CC(=O)NN)n1ccnc1C#N. The first-order valence-corrected chi connectivity index (χ1v) is 4.11. The van der Waals surface area contributed by atoms with Crippen molar-refractivity contribution in [3.8, 4) is 6.07 Å². The van der Waals surface area contributed by atoms with Crippen LogP contribution in [0.25, 0.3) is 0 Å². The molecule has 0 aliphatic carbocycles. The van der Waals surface area contributed by atoms with Crippen molar-refractivity contribution in [1.29, 1.82) is 5.26 Å². The predicted molar refractivity (Wildman–Crippen MR) is 48.6 cm³/mol. The Hall–Kier alpha value is -1.87. The predicted octanol–water partition coefficient (Wildman–Crippen LogP) is -0.304. The Morgan fingerprint density at radius 3 is 3.21 bits per heavy atom. The molecule has 14 heavy (non-hydrogen) atoms. The summed E-state index contributed by atoms with van der Waals surface area (Å²) in [6, 6.07) is 1.81. The number of imidazole rings is 1. The van der Waals surface area contributed by atoms with Crippen LogP contribution in [0.15, 0.2) is 12.4 Å². The molecule has 1 amide bonds. The molecule has 1 rings (SSSR count). The van der Waals surface area contributed by atoms with Gasteiger partial charge in [0.25, 0.3) is 0 Å². The summed E-state index contributed by atoms with van der Waals surface area (Å²) >= 11 is 0. The van der Waals surface area contributed by atoms with Crippen molar-refractivity contribution in [2.24, 2.45) is 5.84 Å². The van der Waals surface area contributed by atoms with E-state index in [0.717, 1.165) is 0 Å². The third-order valence-corrected chi connectivity index (χ3v) is 1.89. The van der Waals surface area contributed by atoms with Crippen LogP contribution in [0.4, 0.5) is 0 Å². The zero-order valence-electron chi connectivity index (χ0n) is 7.77. The zero-order chi connectivity index (χ0) is 10.6. The molecule has 3 N–H and O–H groups in total. The molecule has 1 aromatic rings. The van der Waals surface area contributed by atoms with Gasteiger partial charge in [0.1, 0.15) is 6.07 Å². The van der Waals surface area contributed by atoms with E-state index in [-0.39, 0.29) is 18.4 Å². The molecule has 0 saturated heterocycles. The standard InChI is InChI=1S/C8H11N5O/c1-6(4-8(14)12-10)13-3-2-11-7(13)5-9/h2-3,6H,4,10H2,1H3,(H,12,14). The highest BCUT2D eigenvalue weighted by molar-refractivity contribution is 5.75. The number of nitrogens with zero attached hydrogens (tertiary/aromatic N) is 3. The van der Waals surface area contributed by atoms with Crippen molar-refractivity contribution >= 4 is 5.91 Å². The average Bonchev–Trinajstić information content (AvgIpc) is 2.65. The van der Waals surface area contributed by atoms with Gasteiger partial charge in [0, 0.05) is 24.9 Å². The summed E-state index contributed by atoms with van der Waals surface area (Å²) in [5.41, 5.74) is 2.04. The van der Waals surface area contributed by atoms with Crippen molar-refractivity contribution < 1.29 is 4.79 Å². The summed E-state index contributed by atoms with van der Waals surface area (Å²) in [5.74, 6) is 4.98. The molecule has 6 nitrogen and oxygen atoms in total. The van der Waals surface area contributed by atoms with Crippen molar-refractivity contribution in [3.05, 3.63) is 18.2 Å². The maximum absolute atomic E-state index is 11.0. The fourth-order valence-corrected chi connectivity index (χ4v) is 1.18. The third-order valence-electron chi connectivity index (χ3n) is 1.89. The van der Waals surface area contributed by atoms with Crippen LogP contribution in [0.1, 0.15) is 25.2 Å². The van der Waals surface area contributed by atoms with E-state index in [9.17, 15) is 4.79 Å². The lowest BCUT2D eigenvalue weighted by atomic mass is 10.2. The quantitative estimate of drug-likeness (QED) is 0.391. The van der Waals surface area contributed by atoms with Gasteiger partial charge >= 0.3 is 0 Å². The molecule has 0 fully saturated rings. The number of rotatable bonds is 3. The molecule has 1 unspecified atom stereocenters. The van der Waals surface area contributed by atoms with Crippen molar-refractivity contribution in [3.63, 3.8) is 0 Å². The molecular formula is C8H11N5O. The Bertz CT molecular complexity index is 364. The molecule has 0 saturated carbocycles. The van der Waals surface area contributed by atoms with E-state index in [1.165, 1.54) is 6.20 Å². The van der Waals surface area contributed by atoms with Gasteiger partial charge in [-0.3, -0.25) is 10.2 Å². The number of nitrogens with one attached hydrogen (secondary N) is 1. The molecule has 1 heterocycles. The fourth-order valence-electron chi connectivity index (χ4n) is 1.18.